The van der Waals surface area contributed by atoms with Gasteiger partial charge in [-0.3, -0.25) is 4.79 Å². The first-order valence-corrected chi connectivity index (χ1v) is 12.1. The van der Waals surface area contributed by atoms with Crippen LogP contribution in [0.3, 0.4) is 0 Å². The molecule has 2 saturated heterocycles. The molecule has 10 heteroatoms. The van der Waals surface area contributed by atoms with Gasteiger partial charge in [0.25, 0.3) is 5.91 Å². The number of halogens is 1. The molecule has 1 amide bonds. The molecule has 5 rings (SSSR count). The van der Waals surface area contributed by atoms with Gasteiger partial charge in [0.1, 0.15) is 5.82 Å². The number of fused-ring (bicyclic) bond motifs is 1. The van der Waals surface area contributed by atoms with Gasteiger partial charge in [-0.15, -0.1) is 0 Å². The number of para-hydroxylation sites is 1. The molecule has 168 valence electrons. The number of aromatic nitrogens is 1. The van der Waals surface area contributed by atoms with E-state index in [9.17, 15) is 17.6 Å². The zero-order chi connectivity index (χ0) is 22.3. The monoisotopic (exact) mass is 458 g/mol. The number of hydrogen-bond donors (Lipinski definition) is 0. The second-order valence-electron chi connectivity index (χ2n) is 8.03. The van der Waals surface area contributed by atoms with Crippen LogP contribution in [0.15, 0.2) is 51.9 Å². The van der Waals surface area contributed by atoms with Gasteiger partial charge in [0.2, 0.25) is 10.0 Å². The summed E-state index contributed by atoms with van der Waals surface area (Å²) >= 11 is 0. The summed E-state index contributed by atoms with van der Waals surface area (Å²) in [6, 6.07) is 10.9. The number of nitrogens with zero attached hydrogens (tertiary/aromatic N) is 4. The van der Waals surface area contributed by atoms with Gasteiger partial charge in [-0.1, -0.05) is 17.3 Å². The van der Waals surface area contributed by atoms with E-state index >= 15 is 0 Å². The van der Waals surface area contributed by atoms with Crippen molar-refractivity contribution in [3.8, 4) is 0 Å². The second-order valence-corrected chi connectivity index (χ2v) is 9.97. The molecular formula is C22H23FN4O4S. The first-order valence-electron chi connectivity index (χ1n) is 10.6. The van der Waals surface area contributed by atoms with Crippen LogP contribution in [0, 0.1) is 5.82 Å². The highest BCUT2D eigenvalue weighted by Crippen LogP contribution is 2.28. The number of piperazine rings is 1. The summed E-state index contributed by atoms with van der Waals surface area (Å²) in [6.07, 6.45) is 1.89. The minimum absolute atomic E-state index is 0.0861. The third-order valence-corrected chi connectivity index (χ3v) is 8.00. The van der Waals surface area contributed by atoms with E-state index in [4.69, 9.17) is 4.52 Å². The van der Waals surface area contributed by atoms with E-state index < -0.39 is 10.0 Å². The number of benzene rings is 2. The van der Waals surface area contributed by atoms with E-state index in [0.29, 0.717) is 42.8 Å². The fourth-order valence-corrected chi connectivity index (χ4v) is 5.78. The van der Waals surface area contributed by atoms with E-state index in [1.54, 1.807) is 23.1 Å². The highest BCUT2D eigenvalue weighted by Gasteiger charge is 2.31. The van der Waals surface area contributed by atoms with Gasteiger partial charge >= 0.3 is 0 Å². The molecule has 0 aliphatic carbocycles. The van der Waals surface area contributed by atoms with Crippen molar-refractivity contribution in [2.75, 3.05) is 44.2 Å². The Hall–Kier alpha value is -2.98. The molecule has 8 nitrogen and oxygen atoms in total. The van der Waals surface area contributed by atoms with E-state index in [1.807, 2.05) is 4.90 Å². The third kappa shape index (κ3) is 3.63. The average molecular weight is 459 g/mol. The van der Waals surface area contributed by atoms with Gasteiger partial charge in [0.15, 0.2) is 11.3 Å². The number of carbonyl (C=O) groups is 1. The first-order chi connectivity index (χ1) is 15.4. The zero-order valence-corrected chi connectivity index (χ0v) is 18.2. The lowest BCUT2D eigenvalue weighted by Crippen LogP contribution is -2.48. The van der Waals surface area contributed by atoms with Crippen LogP contribution in [0.1, 0.15) is 23.3 Å². The van der Waals surface area contributed by atoms with Gasteiger partial charge in [-0.25, -0.2) is 12.8 Å². The van der Waals surface area contributed by atoms with Crippen molar-refractivity contribution in [2.45, 2.75) is 17.7 Å². The van der Waals surface area contributed by atoms with Crippen molar-refractivity contribution < 1.29 is 22.1 Å². The predicted molar refractivity (Wildman–Crippen MR) is 117 cm³/mol. The molecule has 3 heterocycles. The van der Waals surface area contributed by atoms with Crippen molar-refractivity contribution in [1.82, 2.24) is 14.4 Å². The highest BCUT2D eigenvalue weighted by molar-refractivity contribution is 7.89. The van der Waals surface area contributed by atoms with Crippen LogP contribution in [-0.2, 0) is 10.0 Å². The summed E-state index contributed by atoms with van der Waals surface area (Å²) in [7, 11) is -3.79. The van der Waals surface area contributed by atoms with Crippen LogP contribution in [-0.4, -0.2) is 68.0 Å². The van der Waals surface area contributed by atoms with Crippen molar-refractivity contribution in [3.05, 3.63) is 54.0 Å². The van der Waals surface area contributed by atoms with Gasteiger partial charge in [0, 0.05) is 39.3 Å². The fraction of sp³-hybridized carbons (Fsp3) is 0.364. The first kappa shape index (κ1) is 20.9. The van der Waals surface area contributed by atoms with Gasteiger partial charge in [-0.2, -0.15) is 4.31 Å². The Morgan fingerprint density at radius 3 is 2.41 bits per heavy atom. The standard InChI is InChI=1S/C22H23FN4O4S/c23-18-5-1-2-6-19(18)25-11-13-27(14-12-25)32(29,30)16-7-8-20-17(15-16)21(24-31-20)22(28)26-9-3-4-10-26/h1-2,5-8,15H,3-4,9-14H2. The number of hydrogen-bond acceptors (Lipinski definition) is 6. The van der Waals surface area contributed by atoms with Crippen LogP contribution in [0.2, 0.25) is 0 Å². The summed E-state index contributed by atoms with van der Waals surface area (Å²) in [5, 5.41) is 4.31. The van der Waals surface area contributed by atoms with Crippen LogP contribution in [0.25, 0.3) is 11.0 Å². The Kier molecular flexibility index (Phi) is 5.34. The van der Waals surface area contributed by atoms with E-state index in [2.05, 4.69) is 5.16 Å². The van der Waals surface area contributed by atoms with E-state index in [0.717, 1.165) is 12.8 Å². The van der Waals surface area contributed by atoms with E-state index in [1.165, 1.54) is 28.6 Å². The zero-order valence-electron chi connectivity index (χ0n) is 17.4. The molecule has 0 unspecified atom stereocenters. The summed E-state index contributed by atoms with van der Waals surface area (Å²) < 4.78 is 47.3. The Labute approximate surface area is 185 Å². The SMILES string of the molecule is O=C(c1noc2ccc(S(=O)(=O)N3CCN(c4ccccc4F)CC3)cc12)N1CCCC1. The van der Waals surface area contributed by atoms with Crippen molar-refractivity contribution in [1.29, 1.82) is 0 Å². The van der Waals surface area contributed by atoms with Gasteiger partial charge in [-0.05, 0) is 43.2 Å². The molecule has 2 aliphatic rings. The van der Waals surface area contributed by atoms with Crippen LogP contribution < -0.4 is 4.90 Å². The molecular weight excluding hydrogens is 435 g/mol. The van der Waals surface area contributed by atoms with Crippen LogP contribution >= 0.6 is 0 Å². The predicted octanol–water partition coefficient (Wildman–Crippen LogP) is 2.71. The van der Waals surface area contributed by atoms with Crippen LogP contribution in [0.5, 0.6) is 0 Å². The lowest BCUT2D eigenvalue weighted by Gasteiger charge is -2.35. The molecule has 1 aromatic heterocycles. The molecule has 32 heavy (non-hydrogen) atoms. The minimum Gasteiger partial charge on any atom is -0.367 e. The summed E-state index contributed by atoms with van der Waals surface area (Å²) in [4.78, 5) is 16.4. The van der Waals surface area contributed by atoms with Crippen molar-refractivity contribution >= 4 is 32.6 Å². The maximum Gasteiger partial charge on any atom is 0.276 e. The Morgan fingerprint density at radius 1 is 0.969 bits per heavy atom. The smallest absolute Gasteiger partial charge is 0.276 e. The normalized spacial score (nSPS) is 17.9. The molecule has 2 aromatic carbocycles. The number of amides is 1. The van der Waals surface area contributed by atoms with Crippen molar-refractivity contribution in [3.63, 3.8) is 0 Å². The quantitative estimate of drug-likeness (QED) is 0.598. The molecule has 0 atom stereocenters. The number of rotatable bonds is 4. The van der Waals surface area contributed by atoms with Crippen molar-refractivity contribution in [2.24, 2.45) is 0 Å². The minimum atomic E-state index is -3.79. The summed E-state index contributed by atoms with van der Waals surface area (Å²) in [5.41, 5.74) is 0.986. The molecule has 0 saturated carbocycles. The third-order valence-electron chi connectivity index (χ3n) is 6.11. The summed E-state index contributed by atoms with van der Waals surface area (Å²) in [6.45, 7) is 2.56. The maximum atomic E-state index is 14.1. The molecule has 0 bridgehead atoms. The van der Waals surface area contributed by atoms with Gasteiger partial charge in [0.05, 0.1) is 16.0 Å². The Morgan fingerprint density at radius 2 is 1.69 bits per heavy atom. The Bertz CT molecular complexity index is 1260. The number of carbonyl (C=O) groups excluding carboxylic acids is 1. The van der Waals surface area contributed by atoms with Gasteiger partial charge < -0.3 is 14.3 Å². The number of sulfonamides is 1. The molecule has 0 spiro atoms. The highest BCUT2D eigenvalue weighted by atomic mass is 32.2. The average Bonchev–Trinajstić information content (AvgIpc) is 3.49. The number of anilines is 1. The lowest BCUT2D eigenvalue weighted by atomic mass is 10.2. The molecule has 2 fully saturated rings. The molecule has 0 radical (unpaired) electrons. The fourth-order valence-electron chi connectivity index (χ4n) is 4.33. The maximum absolute atomic E-state index is 14.1. The van der Waals surface area contributed by atoms with Crippen LogP contribution in [0.4, 0.5) is 10.1 Å². The topological polar surface area (TPSA) is 87.0 Å². The second kappa shape index (κ2) is 8.18. The molecule has 2 aliphatic heterocycles. The molecule has 0 N–H and O–H groups in total. The Balaban J connectivity index is 1.38. The lowest BCUT2D eigenvalue weighted by molar-refractivity contribution is 0.0784. The largest absolute Gasteiger partial charge is 0.367 e. The molecule has 3 aromatic rings. The summed E-state index contributed by atoms with van der Waals surface area (Å²) in [5.74, 6) is -0.564. The number of likely N-dealkylation sites (tertiary alicyclic amines) is 1. The van der Waals surface area contributed by atoms with E-state index in [-0.39, 0.29) is 35.4 Å².